The van der Waals surface area contributed by atoms with Crippen LogP contribution in [0.5, 0.6) is 11.5 Å². The van der Waals surface area contributed by atoms with Crippen molar-refractivity contribution in [2.45, 2.75) is 59.0 Å². The lowest BCUT2D eigenvalue weighted by atomic mass is 10.2. The molecule has 0 saturated carbocycles. The average Bonchev–Trinajstić information content (AvgIpc) is 2.70. The first-order valence-electron chi connectivity index (χ1n) is 10.6. The molecule has 0 aliphatic carbocycles. The number of rotatable bonds is 13. The Balaban J connectivity index is 1.70. The Morgan fingerprint density at radius 2 is 1.69 bits per heavy atom. The van der Waals surface area contributed by atoms with Crippen molar-refractivity contribution in [3.8, 4) is 11.5 Å². The van der Waals surface area contributed by atoms with Crippen LogP contribution < -0.4 is 20.1 Å². The molecule has 0 atom stereocenters. The van der Waals surface area contributed by atoms with Gasteiger partial charge in [-0.1, -0.05) is 38.7 Å². The highest BCUT2D eigenvalue weighted by Gasteiger charge is 2.05. The van der Waals surface area contributed by atoms with Crippen molar-refractivity contribution in [2.75, 3.05) is 23.8 Å². The molecular weight excluding hydrogens is 364 g/mol. The van der Waals surface area contributed by atoms with Crippen molar-refractivity contribution in [2.24, 2.45) is 0 Å². The van der Waals surface area contributed by atoms with Crippen molar-refractivity contribution in [3.05, 3.63) is 48.5 Å². The van der Waals surface area contributed by atoms with Crippen molar-refractivity contribution < 1.29 is 14.3 Å². The van der Waals surface area contributed by atoms with Crippen LogP contribution in [0.1, 0.15) is 52.9 Å². The third-order valence-corrected chi connectivity index (χ3v) is 4.31. The van der Waals surface area contributed by atoms with Gasteiger partial charge in [-0.15, -0.1) is 0 Å². The number of hydrogen-bond donors (Lipinski definition) is 2. The monoisotopic (exact) mass is 398 g/mol. The van der Waals surface area contributed by atoms with E-state index in [0.717, 1.165) is 35.9 Å². The van der Waals surface area contributed by atoms with Crippen molar-refractivity contribution >= 4 is 17.3 Å². The first kappa shape index (κ1) is 22.6. The number of unbranched alkanes of at least 4 members (excludes halogenated alkanes) is 4. The first-order chi connectivity index (χ1) is 14.1. The number of carbonyl (C=O) groups excluding carboxylic acids is 1. The minimum atomic E-state index is -0.112. The van der Waals surface area contributed by atoms with Gasteiger partial charge in [-0.25, -0.2) is 0 Å². The van der Waals surface area contributed by atoms with Crippen LogP contribution in [0.25, 0.3) is 0 Å². The van der Waals surface area contributed by atoms with Crippen LogP contribution in [0.4, 0.5) is 11.4 Å². The molecule has 0 bridgehead atoms. The largest absolute Gasteiger partial charge is 0.494 e. The molecule has 0 aromatic heterocycles. The van der Waals surface area contributed by atoms with Gasteiger partial charge in [0.25, 0.3) is 0 Å². The number of anilines is 2. The van der Waals surface area contributed by atoms with Gasteiger partial charge < -0.3 is 20.1 Å². The van der Waals surface area contributed by atoms with E-state index in [4.69, 9.17) is 9.47 Å². The Kier molecular flexibility index (Phi) is 9.90. The summed E-state index contributed by atoms with van der Waals surface area (Å²) in [7, 11) is 0. The third-order valence-electron chi connectivity index (χ3n) is 4.31. The van der Waals surface area contributed by atoms with Crippen molar-refractivity contribution in [1.29, 1.82) is 0 Å². The number of hydrogen-bond acceptors (Lipinski definition) is 4. The van der Waals surface area contributed by atoms with Gasteiger partial charge in [0.15, 0.2) is 0 Å². The maximum Gasteiger partial charge on any atom is 0.243 e. The first-order valence-corrected chi connectivity index (χ1v) is 10.6. The van der Waals surface area contributed by atoms with E-state index in [-0.39, 0.29) is 18.6 Å². The Labute approximate surface area is 174 Å². The van der Waals surface area contributed by atoms with Crippen LogP contribution in [-0.2, 0) is 4.79 Å². The van der Waals surface area contributed by atoms with E-state index >= 15 is 0 Å². The van der Waals surface area contributed by atoms with Gasteiger partial charge in [0, 0.05) is 17.4 Å². The molecule has 2 rings (SSSR count). The van der Waals surface area contributed by atoms with E-state index in [0.29, 0.717) is 0 Å². The van der Waals surface area contributed by atoms with Crippen LogP contribution in [0.15, 0.2) is 48.5 Å². The maximum absolute atomic E-state index is 12.2. The number of nitrogens with one attached hydrogen (secondary N) is 2. The van der Waals surface area contributed by atoms with Gasteiger partial charge in [0.1, 0.15) is 11.5 Å². The predicted molar refractivity (Wildman–Crippen MR) is 120 cm³/mol. The zero-order valence-corrected chi connectivity index (χ0v) is 17.9. The van der Waals surface area contributed by atoms with E-state index < -0.39 is 0 Å². The second-order valence-corrected chi connectivity index (χ2v) is 7.38. The van der Waals surface area contributed by atoms with E-state index in [2.05, 4.69) is 17.6 Å². The summed E-state index contributed by atoms with van der Waals surface area (Å²) in [6, 6.07) is 15.1. The molecule has 0 aliphatic rings. The molecule has 2 aromatic rings. The van der Waals surface area contributed by atoms with Crippen molar-refractivity contribution in [3.63, 3.8) is 0 Å². The molecular formula is C24H34N2O3. The molecule has 0 fully saturated rings. The van der Waals surface area contributed by atoms with Gasteiger partial charge >= 0.3 is 0 Å². The lowest BCUT2D eigenvalue weighted by Gasteiger charge is -2.12. The van der Waals surface area contributed by atoms with E-state index in [1.807, 2.05) is 62.4 Å². The summed E-state index contributed by atoms with van der Waals surface area (Å²) in [5, 5.41) is 6.01. The van der Waals surface area contributed by atoms with E-state index in [9.17, 15) is 4.79 Å². The molecule has 29 heavy (non-hydrogen) atoms. The highest BCUT2D eigenvalue weighted by atomic mass is 16.5. The van der Waals surface area contributed by atoms with Crippen LogP contribution in [0.2, 0.25) is 0 Å². The Hall–Kier alpha value is -2.69. The van der Waals surface area contributed by atoms with E-state index in [1.54, 1.807) is 0 Å². The minimum Gasteiger partial charge on any atom is -0.494 e. The highest BCUT2D eigenvalue weighted by Crippen LogP contribution is 2.19. The van der Waals surface area contributed by atoms with Gasteiger partial charge in [-0.05, 0) is 56.7 Å². The summed E-state index contributed by atoms with van der Waals surface area (Å²) < 4.78 is 11.4. The molecule has 0 heterocycles. The molecule has 158 valence electrons. The molecule has 0 radical (unpaired) electrons. The number of amides is 1. The van der Waals surface area contributed by atoms with Crippen LogP contribution in [-0.4, -0.2) is 25.2 Å². The quantitative estimate of drug-likeness (QED) is 0.414. The van der Waals surface area contributed by atoms with Gasteiger partial charge in [-0.3, -0.25) is 4.79 Å². The molecule has 0 saturated heterocycles. The Morgan fingerprint density at radius 1 is 0.931 bits per heavy atom. The van der Waals surface area contributed by atoms with Gasteiger partial charge in [-0.2, -0.15) is 0 Å². The molecule has 0 unspecified atom stereocenters. The lowest BCUT2D eigenvalue weighted by Crippen LogP contribution is -2.21. The molecule has 0 aliphatic heterocycles. The Morgan fingerprint density at radius 3 is 2.41 bits per heavy atom. The topological polar surface area (TPSA) is 59.6 Å². The summed E-state index contributed by atoms with van der Waals surface area (Å²) in [4.78, 5) is 12.2. The van der Waals surface area contributed by atoms with E-state index in [1.165, 1.54) is 25.7 Å². The normalized spacial score (nSPS) is 10.6. The van der Waals surface area contributed by atoms with Crippen LogP contribution >= 0.6 is 0 Å². The van der Waals surface area contributed by atoms with Crippen molar-refractivity contribution in [1.82, 2.24) is 0 Å². The fourth-order valence-corrected chi connectivity index (χ4v) is 2.87. The highest BCUT2D eigenvalue weighted by molar-refractivity contribution is 5.93. The summed E-state index contributed by atoms with van der Waals surface area (Å²) in [5.74, 6) is 1.49. The summed E-state index contributed by atoms with van der Waals surface area (Å²) in [5.41, 5.74) is 1.60. The molecule has 5 nitrogen and oxygen atoms in total. The maximum atomic E-state index is 12.2. The smallest absolute Gasteiger partial charge is 0.243 e. The van der Waals surface area contributed by atoms with Gasteiger partial charge in [0.2, 0.25) is 5.91 Å². The zero-order valence-electron chi connectivity index (χ0n) is 17.9. The second kappa shape index (κ2) is 12.7. The van der Waals surface area contributed by atoms with Crippen LogP contribution in [0.3, 0.4) is 0 Å². The average molecular weight is 399 g/mol. The minimum absolute atomic E-state index is 0.0932. The van der Waals surface area contributed by atoms with Gasteiger partial charge in [0.05, 0.1) is 19.3 Å². The molecule has 1 amide bonds. The molecule has 2 aromatic carbocycles. The fourth-order valence-electron chi connectivity index (χ4n) is 2.87. The molecule has 2 N–H and O–H groups in total. The van der Waals surface area contributed by atoms with Crippen LogP contribution in [0, 0.1) is 0 Å². The number of ether oxygens (including phenoxy) is 2. The molecule has 0 spiro atoms. The predicted octanol–water partition coefficient (Wildman–Crippen LogP) is 5.87. The fraction of sp³-hybridized carbons (Fsp3) is 0.458. The third kappa shape index (κ3) is 9.37. The summed E-state index contributed by atoms with van der Waals surface area (Å²) in [6.07, 6.45) is 6.23. The number of carbonyl (C=O) groups is 1. The molecule has 5 heteroatoms. The number of benzene rings is 2. The lowest BCUT2D eigenvalue weighted by molar-refractivity contribution is -0.114. The second-order valence-electron chi connectivity index (χ2n) is 7.38. The SMILES string of the molecule is CCCCCCCOc1ccc(NCC(=O)Nc2cccc(OC(C)C)c2)cc1. The summed E-state index contributed by atoms with van der Waals surface area (Å²) >= 11 is 0. The summed E-state index contributed by atoms with van der Waals surface area (Å²) in [6.45, 7) is 7.10. The Bertz CT molecular complexity index is 729. The standard InChI is InChI=1S/C24H34N2O3/c1-4-5-6-7-8-16-28-22-14-12-20(13-15-22)25-18-24(27)26-21-10-9-11-23(17-21)29-19(2)3/h9-15,17,19,25H,4-8,16,18H2,1-3H3,(H,26,27). The zero-order chi connectivity index (χ0) is 20.9.